The van der Waals surface area contributed by atoms with Gasteiger partial charge < -0.3 is 19.7 Å². The Hall–Kier alpha value is -1.75. The van der Waals surface area contributed by atoms with Crippen LogP contribution in [0.4, 0.5) is 4.79 Å². The second kappa shape index (κ2) is 9.40. The van der Waals surface area contributed by atoms with Crippen LogP contribution in [0.1, 0.15) is 37.7 Å². The molecule has 1 aromatic carbocycles. The topological polar surface area (TPSA) is 50.8 Å². The minimum absolute atomic E-state index is 0.0724. The molecule has 1 N–H and O–H groups in total. The predicted octanol–water partition coefficient (Wildman–Crippen LogP) is 3.19. The Labute approximate surface area is 139 Å². The van der Waals surface area contributed by atoms with Gasteiger partial charge in [-0.1, -0.05) is 31.0 Å². The summed E-state index contributed by atoms with van der Waals surface area (Å²) >= 11 is 0. The van der Waals surface area contributed by atoms with Crippen LogP contribution < -0.4 is 10.1 Å². The fourth-order valence-electron chi connectivity index (χ4n) is 2.87. The first-order chi connectivity index (χ1) is 11.2. The van der Waals surface area contributed by atoms with Crippen LogP contribution in [0.25, 0.3) is 0 Å². The third-order valence-electron chi connectivity index (χ3n) is 4.20. The summed E-state index contributed by atoms with van der Waals surface area (Å²) in [6, 6.07) is 7.67. The lowest BCUT2D eigenvalue weighted by Crippen LogP contribution is -2.37. The van der Waals surface area contributed by atoms with E-state index in [9.17, 15) is 4.79 Å². The Morgan fingerprint density at radius 3 is 2.78 bits per heavy atom. The van der Waals surface area contributed by atoms with Crippen LogP contribution in [0.2, 0.25) is 0 Å². The van der Waals surface area contributed by atoms with Crippen molar-refractivity contribution in [2.24, 2.45) is 0 Å². The number of ether oxygens (including phenoxy) is 2. The second-order valence-electron chi connectivity index (χ2n) is 6.03. The maximum absolute atomic E-state index is 12.1. The maximum Gasteiger partial charge on any atom is 0.317 e. The van der Waals surface area contributed by atoms with Crippen molar-refractivity contribution < 1.29 is 14.3 Å². The van der Waals surface area contributed by atoms with E-state index in [-0.39, 0.29) is 6.03 Å². The lowest BCUT2D eigenvalue weighted by molar-refractivity contribution is 0.0570. The Balaban J connectivity index is 1.64. The van der Waals surface area contributed by atoms with Crippen LogP contribution in [0.5, 0.6) is 5.75 Å². The van der Waals surface area contributed by atoms with Crippen molar-refractivity contribution in [2.75, 3.05) is 27.3 Å². The largest absolute Gasteiger partial charge is 0.496 e. The number of para-hydroxylation sites is 1. The van der Waals surface area contributed by atoms with Crippen molar-refractivity contribution in [1.29, 1.82) is 0 Å². The van der Waals surface area contributed by atoms with Crippen molar-refractivity contribution in [3.05, 3.63) is 29.8 Å². The van der Waals surface area contributed by atoms with Gasteiger partial charge in [-0.25, -0.2) is 4.79 Å². The van der Waals surface area contributed by atoms with Crippen LogP contribution in [0.15, 0.2) is 24.3 Å². The van der Waals surface area contributed by atoms with Crippen molar-refractivity contribution in [3.8, 4) is 5.75 Å². The third kappa shape index (κ3) is 5.75. The van der Waals surface area contributed by atoms with Gasteiger partial charge in [0.25, 0.3) is 0 Å². The summed E-state index contributed by atoms with van der Waals surface area (Å²) in [5.41, 5.74) is 0.997. The summed E-state index contributed by atoms with van der Waals surface area (Å²) in [5.74, 6) is 0.803. The second-order valence-corrected chi connectivity index (χ2v) is 6.03. The average Bonchev–Trinajstić information content (AvgIpc) is 3.08. The molecule has 2 amide bonds. The SMILES string of the molecule is COc1ccccc1CN(C)C(=O)NCCCOC1CCCC1. The van der Waals surface area contributed by atoms with E-state index in [1.807, 2.05) is 24.3 Å². The van der Waals surface area contributed by atoms with E-state index in [0.29, 0.717) is 19.2 Å². The highest BCUT2D eigenvalue weighted by Crippen LogP contribution is 2.21. The van der Waals surface area contributed by atoms with E-state index in [1.54, 1.807) is 19.1 Å². The highest BCUT2D eigenvalue weighted by Gasteiger charge is 2.15. The van der Waals surface area contributed by atoms with E-state index in [1.165, 1.54) is 25.7 Å². The Morgan fingerprint density at radius 1 is 1.30 bits per heavy atom. The van der Waals surface area contributed by atoms with Gasteiger partial charge >= 0.3 is 6.03 Å². The molecule has 5 nitrogen and oxygen atoms in total. The maximum atomic E-state index is 12.1. The Kier molecular flexibility index (Phi) is 7.20. The van der Waals surface area contributed by atoms with Crippen molar-refractivity contribution in [2.45, 2.75) is 44.8 Å². The standard InChI is InChI=1S/C18H28N2O3/c1-20(14-15-8-3-6-11-17(15)22-2)18(21)19-12-7-13-23-16-9-4-5-10-16/h3,6,8,11,16H,4-5,7,9-10,12-14H2,1-2H3,(H,19,21). The van der Waals surface area contributed by atoms with Gasteiger partial charge in [-0.3, -0.25) is 0 Å². The first-order valence-corrected chi connectivity index (χ1v) is 8.43. The summed E-state index contributed by atoms with van der Waals surface area (Å²) in [6.45, 7) is 1.89. The number of nitrogens with zero attached hydrogens (tertiary/aromatic N) is 1. The number of hydrogen-bond donors (Lipinski definition) is 1. The van der Waals surface area contributed by atoms with Crippen LogP contribution in [-0.4, -0.2) is 44.3 Å². The number of methoxy groups -OCH3 is 1. The summed E-state index contributed by atoms with van der Waals surface area (Å²) < 4.78 is 11.1. The summed E-state index contributed by atoms with van der Waals surface area (Å²) in [6.07, 6.45) is 6.25. The molecule has 0 bridgehead atoms. The number of hydrogen-bond acceptors (Lipinski definition) is 3. The average molecular weight is 320 g/mol. The lowest BCUT2D eigenvalue weighted by atomic mass is 10.2. The highest BCUT2D eigenvalue weighted by molar-refractivity contribution is 5.73. The molecule has 1 aliphatic carbocycles. The van der Waals surface area contributed by atoms with Crippen LogP contribution in [-0.2, 0) is 11.3 Å². The molecule has 23 heavy (non-hydrogen) atoms. The summed E-state index contributed by atoms with van der Waals surface area (Å²) in [7, 11) is 3.43. The zero-order chi connectivity index (χ0) is 16.5. The first-order valence-electron chi connectivity index (χ1n) is 8.43. The number of urea groups is 1. The van der Waals surface area contributed by atoms with Gasteiger partial charge in [0.2, 0.25) is 0 Å². The lowest BCUT2D eigenvalue weighted by Gasteiger charge is -2.19. The van der Waals surface area contributed by atoms with E-state index in [2.05, 4.69) is 5.32 Å². The molecule has 5 heteroatoms. The molecular weight excluding hydrogens is 292 g/mol. The highest BCUT2D eigenvalue weighted by atomic mass is 16.5. The molecule has 1 saturated carbocycles. The number of rotatable bonds is 8. The Morgan fingerprint density at radius 2 is 2.04 bits per heavy atom. The predicted molar refractivity (Wildman–Crippen MR) is 90.7 cm³/mol. The molecule has 0 saturated heterocycles. The van der Waals surface area contributed by atoms with Gasteiger partial charge in [-0.15, -0.1) is 0 Å². The third-order valence-corrected chi connectivity index (χ3v) is 4.20. The fourth-order valence-corrected chi connectivity index (χ4v) is 2.87. The molecule has 0 spiro atoms. The zero-order valence-corrected chi connectivity index (χ0v) is 14.2. The molecule has 1 aliphatic rings. The smallest absolute Gasteiger partial charge is 0.317 e. The van der Waals surface area contributed by atoms with Crippen molar-refractivity contribution in [3.63, 3.8) is 0 Å². The van der Waals surface area contributed by atoms with Gasteiger partial charge in [0.1, 0.15) is 5.75 Å². The van der Waals surface area contributed by atoms with Gasteiger partial charge in [0.05, 0.1) is 19.8 Å². The van der Waals surface area contributed by atoms with Crippen LogP contribution >= 0.6 is 0 Å². The van der Waals surface area contributed by atoms with Gasteiger partial charge in [-0.2, -0.15) is 0 Å². The van der Waals surface area contributed by atoms with E-state index >= 15 is 0 Å². The summed E-state index contributed by atoms with van der Waals surface area (Å²) in [4.78, 5) is 13.8. The quantitative estimate of drug-likeness (QED) is 0.748. The van der Waals surface area contributed by atoms with Gasteiger partial charge in [0.15, 0.2) is 0 Å². The van der Waals surface area contributed by atoms with Crippen molar-refractivity contribution >= 4 is 6.03 Å². The molecule has 128 valence electrons. The monoisotopic (exact) mass is 320 g/mol. The number of nitrogens with one attached hydrogen (secondary N) is 1. The molecule has 0 unspecified atom stereocenters. The van der Waals surface area contributed by atoms with Crippen molar-refractivity contribution in [1.82, 2.24) is 10.2 Å². The van der Waals surface area contributed by atoms with Crippen LogP contribution in [0.3, 0.4) is 0 Å². The molecule has 0 atom stereocenters. The summed E-state index contributed by atoms with van der Waals surface area (Å²) in [5, 5.41) is 2.93. The van der Waals surface area contributed by atoms with Gasteiger partial charge in [0, 0.05) is 25.8 Å². The van der Waals surface area contributed by atoms with E-state index in [0.717, 1.165) is 24.3 Å². The molecule has 0 aliphatic heterocycles. The van der Waals surface area contributed by atoms with E-state index < -0.39 is 0 Å². The Bertz CT molecular complexity index is 487. The van der Waals surface area contributed by atoms with E-state index in [4.69, 9.17) is 9.47 Å². The molecule has 1 aromatic rings. The molecular formula is C18H28N2O3. The fraction of sp³-hybridized carbons (Fsp3) is 0.611. The molecule has 2 rings (SSSR count). The number of carbonyl (C=O) groups excluding carboxylic acids is 1. The van der Waals surface area contributed by atoms with Crippen LogP contribution in [0, 0.1) is 0 Å². The molecule has 0 heterocycles. The molecule has 1 fully saturated rings. The normalized spacial score (nSPS) is 14.7. The number of benzene rings is 1. The number of amides is 2. The molecule has 0 aromatic heterocycles. The number of carbonyl (C=O) groups is 1. The molecule has 0 radical (unpaired) electrons. The zero-order valence-electron chi connectivity index (χ0n) is 14.2. The minimum atomic E-state index is -0.0724. The first kappa shape index (κ1) is 17.6. The van der Waals surface area contributed by atoms with Gasteiger partial charge in [-0.05, 0) is 25.3 Å². The minimum Gasteiger partial charge on any atom is -0.496 e.